The highest BCUT2D eigenvalue weighted by Crippen LogP contribution is 2.33. The molecule has 0 unspecified atom stereocenters. The topological polar surface area (TPSA) is 58.6 Å². The molecule has 1 N–H and O–H groups in total. The quantitative estimate of drug-likeness (QED) is 0.863. The lowest BCUT2D eigenvalue weighted by Gasteiger charge is -2.19. The van der Waals surface area contributed by atoms with Crippen LogP contribution in [-0.4, -0.2) is 47.0 Å². The first-order valence-corrected chi connectivity index (χ1v) is 8.59. The highest BCUT2D eigenvalue weighted by atomic mass is 32.2. The van der Waals surface area contributed by atoms with Crippen molar-refractivity contribution in [2.45, 2.75) is 25.8 Å². The number of thioether (sulfide) groups is 1. The number of nitrogens with one attached hydrogen (secondary N) is 1. The van der Waals surface area contributed by atoms with Crippen LogP contribution < -0.4 is 10.1 Å². The number of carbonyl (C=O) groups excluding carboxylic acids is 2. The molecule has 6 heteroatoms. The molecule has 0 aliphatic carbocycles. The van der Waals surface area contributed by atoms with E-state index in [2.05, 4.69) is 11.4 Å². The molecule has 3 amide bonds. The first kappa shape index (κ1) is 15.2. The van der Waals surface area contributed by atoms with Gasteiger partial charge in [0.05, 0.1) is 6.54 Å². The van der Waals surface area contributed by atoms with Crippen LogP contribution in [0.2, 0.25) is 0 Å². The van der Waals surface area contributed by atoms with Gasteiger partial charge in [0.2, 0.25) is 0 Å². The maximum absolute atomic E-state index is 12.5. The molecule has 2 heterocycles. The summed E-state index contributed by atoms with van der Waals surface area (Å²) in [6.45, 7) is 4.62. The smallest absolute Gasteiger partial charge is 0.325 e. The molecule has 0 aromatic heterocycles. The van der Waals surface area contributed by atoms with Crippen molar-refractivity contribution in [1.82, 2.24) is 10.2 Å². The van der Waals surface area contributed by atoms with Crippen LogP contribution in [0.5, 0.6) is 5.75 Å². The molecule has 0 saturated carbocycles. The summed E-state index contributed by atoms with van der Waals surface area (Å²) in [4.78, 5) is 25.8. The van der Waals surface area contributed by atoms with Crippen molar-refractivity contribution in [1.29, 1.82) is 0 Å². The lowest BCUT2D eigenvalue weighted by Crippen LogP contribution is -2.47. The summed E-state index contributed by atoms with van der Waals surface area (Å²) in [5, 5.41) is 2.86. The maximum atomic E-state index is 12.5. The van der Waals surface area contributed by atoms with Crippen LogP contribution in [0.15, 0.2) is 18.2 Å². The Morgan fingerprint density at radius 3 is 2.64 bits per heavy atom. The molecule has 2 aliphatic rings. The lowest BCUT2D eigenvalue weighted by atomic mass is 9.99. The van der Waals surface area contributed by atoms with Crippen molar-refractivity contribution in [3.05, 3.63) is 29.3 Å². The monoisotopic (exact) mass is 320 g/mol. The highest BCUT2D eigenvalue weighted by molar-refractivity contribution is 7.99. The number of ether oxygens (including phenoxy) is 1. The zero-order chi connectivity index (χ0) is 15.7. The largest absolute Gasteiger partial charge is 0.492 e. The number of hydrogen-bond acceptors (Lipinski definition) is 4. The molecule has 2 saturated heterocycles. The molecular formula is C16H20N2O3S. The summed E-state index contributed by atoms with van der Waals surface area (Å²) >= 11 is 1.71. The number of hydrogen-bond donors (Lipinski definition) is 1. The zero-order valence-corrected chi connectivity index (χ0v) is 13.7. The van der Waals surface area contributed by atoms with Crippen LogP contribution in [0.25, 0.3) is 0 Å². The minimum atomic E-state index is -0.665. The van der Waals surface area contributed by atoms with E-state index >= 15 is 0 Å². The number of aryl methyl sites for hydroxylation is 2. The summed E-state index contributed by atoms with van der Waals surface area (Å²) in [6, 6.07) is 5.69. The Morgan fingerprint density at radius 2 is 2.00 bits per heavy atom. The van der Waals surface area contributed by atoms with Gasteiger partial charge >= 0.3 is 6.03 Å². The average Bonchev–Trinajstić information content (AvgIpc) is 2.99. The first-order chi connectivity index (χ1) is 10.5. The Morgan fingerprint density at radius 1 is 1.27 bits per heavy atom. The van der Waals surface area contributed by atoms with E-state index in [9.17, 15) is 9.59 Å². The fraction of sp³-hybridized carbons (Fsp3) is 0.500. The summed E-state index contributed by atoms with van der Waals surface area (Å²) < 4.78 is 5.70. The fourth-order valence-electron chi connectivity index (χ4n) is 2.98. The average molecular weight is 320 g/mol. The van der Waals surface area contributed by atoms with Crippen molar-refractivity contribution in [2.24, 2.45) is 0 Å². The third-order valence-electron chi connectivity index (χ3n) is 4.05. The van der Waals surface area contributed by atoms with Gasteiger partial charge in [-0.3, -0.25) is 9.69 Å². The number of rotatable bonds is 4. The fourth-order valence-corrected chi connectivity index (χ4v) is 4.31. The van der Waals surface area contributed by atoms with Gasteiger partial charge in [0.25, 0.3) is 5.91 Å². The first-order valence-electron chi connectivity index (χ1n) is 7.43. The Balaban J connectivity index is 1.59. The second-order valence-corrected chi connectivity index (χ2v) is 7.05. The molecule has 0 bridgehead atoms. The van der Waals surface area contributed by atoms with Gasteiger partial charge in [-0.1, -0.05) is 6.07 Å². The molecule has 0 radical (unpaired) electrons. The van der Waals surface area contributed by atoms with Gasteiger partial charge in [-0.2, -0.15) is 11.8 Å². The minimum absolute atomic E-state index is 0.105. The number of urea groups is 1. The van der Waals surface area contributed by atoms with Crippen LogP contribution in [0.3, 0.4) is 0 Å². The second kappa shape index (κ2) is 5.83. The highest BCUT2D eigenvalue weighted by Gasteiger charge is 2.52. The van der Waals surface area contributed by atoms with Gasteiger partial charge in [0.1, 0.15) is 17.9 Å². The number of imide groups is 1. The van der Waals surface area contributed by atoms with Gasteiger partial charge < -0.3 is 10.1 Å². The number of nitrogens with zero attached hydrogens (tertiary/aromatic N) is 1. The van der Waals surface area contributed by atoms with Crippen molar-refractivity contribution >= 4 is 23.7 Å². The van der Waals surface area contributed by atoms with E-state index in [0.717, 1.165) is 29.1 Å². The Bertz CT molecular complexity index is 591. The van der Waals surface area contributed by atoms with Gasteiger partial charge in [-0.25, -0.2) is 4.79 Å². The second-order valence-electron chi connectivity index (χ2n) is 5.94. The lowest BCUT2D eigenvalue weighted by molar-refractivity contribution is -0.130. The summed E-state index contributed by atoms with van der Waals surface area (Å²) in [5.74, 6) is 2.26. The molecule has 1 aromatic carbocycles. The molecule has 1 spiro atoms. The SMILES string of the molecule is Cc1cc(C)cc(OCCN2C(=O)N[C@@]3(CCSC3)C2=O)c1. The summed E-state index contributed by atoms with van der Waals surface area (Å²) in [6.07, 6.45) is 0.719. The number of amides is 3. The van der Waals surface area contributed by atoms with Crippen LogP contribution in [0.1, 0.15) is 17.5 Å². The predicted molar refractivity (Wildman–Crippen MR) is 86.3 cm³/mol. The van der Waals surface area contributed by atoms with Gasteiger partial charge in [0.15, 0.2) is 0 Å². The normalized spacial score (nSPS) is 24.2. The molecule has 2 aliphatic heterocycles. The third-order valence-corrected chi connectivity index (χ3v) is 5.24. The molecular weight excluding hydrogens is 300 g/mol. The molecule has 1 aromatic rings. The van der Waals surface area contributed by atoms with Gasteiger partial charge in [0, 0.05) is 5.75 Å². The van der Waals surface area contributed by atoms with E-state index in [1.165, 1.54) is 4.90 Å². The van der Waals surface area contributed by atoms with Gasteiger partial charge in [-0.05, 0) is 49.3 Å². The van der Waals surface area contributed by atoms with E-state index in [1.54, 1.807) is 11.8 Å². The summed E-state index contributed by atoms with van der Waals surface area (Å²) in [5.41, 5.74) is 1.60. The number of carbonyl (C=O) groups is 2. The van der Waals surface area contributed by atoms with Crippen LogP contribution in [-0.2, 0) is 4.79 Å². The molecule has 2 fully saturated rings. The molecule has 22 heavy (non-hydrogen) atoms. The van der Waals surface area contributed by atoms with E-state index in [-0.39, 0.29) is 18.5 Å². The molecule has 5 nitrogen and oxygen atoms in total. The van der Waals surface area contributed by atoms with Crippen molar-refractivity contribution < 1.29 is 14.3 Å². The minimum Gasteiger partial charge on any atom is -0.492 e. The zero-order valence-electron chi connectivity index (χ0n) is 12.8. The van der Waals surface area contributed by atoms with Crippen molar-refractivity contribution in [2.75, 3.05) is 24.7 Å². The van der Waals surface area contributed by atoms with Crippen molar-refractivity contribution in [3.8, 4) is 5.75 Å². The van der Waals surface area contributed by atoms with Crippen LogP contribution in [0, 0.1) is 13.8 Å². The van der Waals surface area contributed by atoms with Crippen LogP contribution in [0.4, 0.5) is 4.79 Å². The third kappa shape index (κ3) is 2.79. The van der Waals surface area contributed by atoms with E-state index in [0.29, 0.717) is 12.4 Å². The predicted octanol–water partition coefficient (Wildman–Crippen LogP) is 2.11. The van der Waals surface area contributed by atoms with E-state index < -0.39 is 5.54 Å². The Hall–Kier alpha value is -1.69. The van der Waals surface area contributed by atoms with E-state index in [4.69, 9.17) is 4.74 Å². The summed E-state index contributed by atoms with van der Waals surface area (Å²) in [7, 11) is 0. The van der Waals surface area contributed by atoms with Gasteiger partial charge in [-0.15, -0.1) is 0 Å². The standard InChI is InChI=1S/C16H20N2O3S/c1-11-7-12(2)9-13(8-11)21-5-4-18-14(19)16(17-15(18)20)3-6-22-10-16/h7-9H,3-6,10H2,1-2H3,(H,17,20)/t16-/m1/s1. The van der Waals surface area contributed by atoms with E-state index in [1.807, 2.05) is 26.0 Å². The van der Waals surface area contributed by atoms with Crippen molar-refractivity contribution in [3.63, 3.8) is 0 Å². The molecule has 118 valence electrons. The maximum Gasteiger partial charge on any atom is 0.325 e. The van der Waals surface area contributed by atoms with Crippen LogP contribution >= 0.6 is 11.8 Å². The Labute approximate surface area is 134 Å². The molecule has 1 atom stereocenters. The Kier molecular flexibility index (Phi) is 4.04. The number of benzene rings is 1. The molecule has 3 rings (SSSR count).